The van der Waals surface area contributed by atoms with E-state index in [0.29, 0.717) is 11.4 Å². The van der Waals surface area contributed by atoms with Gasteiger partial charge in [-0.3, -0.25) is 29.8 Å². The smallest absolute Gasteiger partial charge is 0.277 e. The number of ether oxygens (including phenoxy) is 1. The number of likely N-dealkylation sites (N-methyl/N-ethyl adjacent to an activating group) is 1. The van der Waals surface area contributed by atoms with Crippen LogP contribution in [0.1, 0.15) is 10.4 Å². The molecule has 1 heterocycles. The molecule has 11 heteroatoms. The molecule has 1 aliphatic rings. The van der Waals surface area contributed by atoms with E-state index in [1.165, 1.54) is 17.0 Å². The molecule has 27 heavy (non-hydrogen) atoms. The van der Waals surface area contributed by atoms with Crippen molar-refractivity contribution >= 4 is 34.6 Å². The van der Waals surface area contributed by atoms with Gasteiger partial charge in [0.25, 0.3) is 23.2 Å². The Balaban J connectivity index is 1.91. The Bertz CT molecular complexity index is 956. The minimum Gasteiger partial charge on any atom is -0.482 e. The number of fused-ring (bicyclic) bond motifs is 1. The third-order valence-corrected chi connectivity index (χ3v) is 3.89. The number of hydrogen-bond donors (Lipinski definition) is 1. The highest BCUT2D eigenvalue weighted by molar-refractivity contribution is 6.06. The van der Waals surface area contributed by atoms with Gasteiger partial charge in [0, 0.05) is 24.9 Å². The van der Waals surface area contributed by atoms with Crippen LogP contribution in [0.25, 0.3) is 0 Å². The number of nitro benzene ring substituents is 2. The lowest BCUT2D eigenvalue weighted by Crippen LogP contribution is -2.35. The number of hydrogen-bond acceptors (Lipinski definition) is 7. The molecule has 3 rings (SSSR count). The first kappa shape index (κ1) is 17.8. The molecule has 138 valence electrons. The van der Waals surface area contributed by atoms with Crippen LogP contribution >= 0.6 is 0 Å². The molecular weight excluding hydrogens is 360 g/mol. The summed E-state index contributed by atoms with van der Waals surface area (Å²) in [5.74, 6) is -0.575. The number of rotatable bonds is 4. The van der Waals surface area contributed by atoms with Crippen LogP contribution in [0.15, 0.2) is 36.4 Å². The molecule has 2 aromatic rings. The van der Waals surface area contributed by atoms with Gasteiger partial charge in [-0.2, -0.15) is 0 Å². The van der Waals surface area contributed by atoms with Crippen LogP contribution in [0, 0.1) is 20.2 Å². The number of anilines is 2. The Labute approximate surface area is 151 Å². The molecule has 0 atom stereocenters. The molecule has 0 spiro atoms. The molecule has 0 fully saturated rings. The van der Waals surface area contributed by atoms with E-state index in [0.717, 1.165) is 18.2 Å². The normalized spacial score (nSPS) is 12.8. The molecule has 1 aliphatic heterocycles. The number of non-ortho nitro benzene ring substituents is 2. The number of amides is 2. The van der Waals surface area contributed by atoms with Crippen molar-refractivity contribution in [3.05, 3.63) is 62.2 Å². The van der Waals surface area contributed by atoms with Crippen molar-refractivity contribution in [1.82, 2.24) is 0 Å². The van der Waals surface area contributed by atoms with E-state index < -0.39 is 27.1 Å². The second kappa shape index (κ2) is 6.71. The largest absolute Gasteiger partial charge is 0.482 e. The van der Waals surface area contributed by atoms with Gasteiger partial charge in [-0.05, 0) is 18.2 Å². The number of benzene rings is 2. The number of nitrogens with zero attached hydrogens (tertiary/aromatic N) is 3. The third kappa shape index (κ3) is 3.51. The minimum absolute atomic E-state index is 0.0907. The maximum Gasteiger partial charge on any atom is 0.277 e. The first-order chi connectivity index (χ1) is 12.8. The van der Waals surface area contributed by atoms with Gasteiger partial charge in [0.05, 0.1) is 27.2 Å². The molecular formula is C16H12N4O7. The molecule has 0 bridgehead atoms. The lowest BCUT2D eigenvalue weighted by Gasteiger charge is -2.26. The molecule has 0 aliphatic carbocycles. The van der Waals surface area contributed by atoms with Crippen molar-refractivity contribution in [2.24, 2.45) is 0 Å². The van der Waals surface area contributed by atoms with Gasteiger partial charge in [0.2, 0.25) is 0 Å². The zero-order chi connectivity index (χ0) is 19.7. The Morgan fingerprint density at radius 1 is 1.11 bits per heavy atom. The predicted molar refractivity (Wildman–Crippen MR) is 93.1 cm³/mol. The van der Waals surface area contributed by atoms with Crippen LogP contribution in [-0.2, 0) is 4.79 Å². The third-order valence-electron chi connectivity index (χ3n) is 3.89. The maximum absolute atomic E-state index is 12.4. The summed E-state index contributed by atoms with van der Waals surface area (Å²) in [5, 5.41) is 24.4. The Morgan fingerprint density at radius 2 is 1.74 bits per heavy atom. The van der Waals surface area contributed by atoms with E-state index in [4.69, 9.17) is 4.74 Å². The van der Waals surface area contributed by atoms with E-state index in [9.17, 15) is 29.8 Å². The SMILES string of the molecule is CN1C(=O)COc2ccc(NC(=O)c3cc([N+](=O)[O-])cc([N+](=O)[O-])c3)cc21. The monoisotopic (exact) mass is 372 g/mol. The summed E-state index contributed by atoms with van der Waals surface area (Å²) < 4.78 is 5.28. The van der Waals surface area contributed by atoms with Gasteiger partial charge < -0.3 is 15.0 Å². The van der Waals surface area contributed by atoms with Crippen LogP contribution < -0.4 is 15.0 Å². The summed E-state index contributed by atoms with van der Waals surface area (Å²) in [6.45, 7) is -0.0907. The van der Waals surface area contributed by atoms with E-state index in [1.54, 1.807) is 13.1 Å². The van der Waals surface area contributed by atoms with Gasteiger partial charge in [0.15, 0.2) is 6.61 Å². The summed E-state index contributed by atoms with van der Waals surface area (Å²) in [5.41, 5.74) is -0.654. The van der Waals surface area contributed by atoms with Gasteiger partial charge in [-0.15, -0.1) is 0 Å². The van der Waals surface area contributed by atoms with Crippen molar-refractivity contribution in [3.8, 4) is 5.75 Å². The summed E-state index contributed by atoms with van der Waals surface area (Å²) in [6.07, 6.45) is 0. The fraction of sp³-hybridized carbons (Fsp3) is 0.125. The topological polar surface area (TPSA) is 145 Å². The van der Waals surface area contributed by atoms with Crippen molar-refractivity contribution in [2.45, 2.75) is 0 Å². The van der Waals surface area contributed by atoms with Gasteiger partial charge in [0.1, 0.15) is 5.75 Å². The number of nitrogens with one attached hydrogen (secondary N) is 1. The fourth-order valence-corrected chi connectivity index (χ4v) is 2.49. The van der Waals surface area contributed by atoms with Gasteiger partial charge in [-0.25, -0.2) is 0 Å². The van der Waals surface area contributed by atoms with Gasteiger partial charge >= 0.3 is 0 Å². The van der Waals surface area contributed by atoms with E-state index in [1.807, 2.05) is 0 Å². The number of carbonyl (C=O) groups excluding carboxylic acids is 2. The van der Waals surface area contributed by atoms with Crippen molar-refractivity contribution in [2.75, 3.05) is 23.9 Å². The molecule has 0 unspecified atom stereocenters. The first-order valence-electron chi connectivity index (χ1n) is 7.55. The van der Waals surface area contributed by atoms with Crippen molar-refractivity contribution in [1.29, 1.82) is 0 Å². The van der Waals surface area contributed by atoms with Crippen LogP contribution in [0.4, 0.5) is 22.7 Å². The first-order valence-corrected chi connectivity index (χ1v) is 7.55. The molecule has 0 saturated heterocycles. The Hall–Kier alpha value is -4.02. The van der Waals surface area contributed by atoms with Gasteiger partial charge in [-0.1, -0.05) is 0 Å². The van der Waals surface area contributed by atoms with Crippen molar-refractivity contribution < 1.29 is 24.2 Å². The molecule has 0 aromatic heterocycles. The molecule has 2 aromatic carbocycles. The number of carbonyl (C=O) groups is 2. The zero-order valence-electron chi connectivity index (χ0n) is 13.9. The van der Waals surface area contributed by atoms with Crippen LogP contribution in [0.2, 0.25) is 0 Å². The standard InChI is InChI=1S/C16H12N4O7/c1-18-13-6-10(2-3-14(13)27-8-15(18)21)17-16(22)9-4-11(19(23)24)7-12(5-9)20(25)26/h2-7H,8H2,1H3,(H,17,22). The lowest BCUT2D eigenvalue weighted by molar-refractivity contribution is -0.394. The summed E-state index contributed by atoms with van der Waals surface area (Å²) in [6, 6.07) is 7.23. The average molecular weight is 372 g/mol. The second-order valence-electron chi connectivity index (χ2n) is 5.63. The molecule has 2 amide bonds. The quantitative estimate of drug-likeness (QED) is 0.639. The maximum atomic E-state index is 12.4. The molecule has 11 nitrogen and oxygen atoms in total. The molecule has 0 saturated carbocycles. The highest BCUT2D eigenvalue weighted by Gasteiger charge is 2.23. The van der Waals surface area contributed by atoms with Crippen LogP contribution in [-0.4, -0.2) is 35.3 Å². The van der Waals surface area contributed by atoms with Crippen molar-refractivity contribution in [3.63, 3.8) is 0 Å². The predicted octanol–water partition coefficient (Wildman–Crippen LogP) is 2.11. The van der Waals surface area contributed by atoms with Crippen LogP contribution in [0.5, 0.6) is 5.75 Å². The minimum atomic E-state index is -0.819. The summed E-state index contributed by atoms with van der Waals surface area (Å²) in [4.78, 5) is 45.7. The number of nitro groups is 2. The van der Waals surface area contributed by atoms with E-state index >= 15 is 0 Å². The fourth-order valence-electron chi connectivity index (χ4n) is 2.49. The highest BCUT2D eigenvalue weighted by Crippen LogP contribution is 2.34. The van der Waals surface area contributed by atoms with E-state index in [-0.39, 0.29) is 23.8 Å². The Kier molecular flexibility index (Phi) is 4.42. The van der Waals surface area contributed by atoms with Crippen LogP contribution in [0.3, 0.4) is 0 Å². The zero-order valence-corrected chi connectivity index (χ0v) is 13.9. The Morgan fingerprint density at radius 3 is 2.33 bits per heavy atom. The molecule has 1 N–H and O–H groups in total. The second-order valence-corrected chi connectivity index (χ2v) is 5.63. The average Bonchev–Trinajstić information content (AvgIpc) is 2.64. The lowest BCUT2D eigenvalue weighted by atomic mass is 10.1. The highest BCUT2D eigenvalue weighted by atomic mass is 16.6. The summed E-state index contributed by atoms with van der Waals surface area (Å²) in [7, 11) is 1.55. The summed E-state index contributed by atoms with van der Waals surface area (Å²) >= 11 is 0. The van der Waals surface area contributed by atoms with E-state index in [2.05, 4.69) is 5.32 Å². The molecule has 0 radical (unpaired) electrons.